The van der Waals surface area contributed by atoms with Gasteiger partial charge in [-0.3, -0.25) is 4.79 Å². The van der Waals surface area contributed by atoms with E-state index in [0.29, 0.717) is 5.56 Å². The minimum absolute atomic E-state index is 0.706. The van der Waals surface area contributed by atoms with E-state index in [1.54, 1.807) is 0 Å². The lowest BCUT2D eigenvalue weighted by Gasteiger charge is -2.02. The molecule has 0 fully saturated rings. The van der Waals surface area contributed by atoms with E-state index < -0.39 is 0 Å². The molecule has 18 heavy (non-hydrogen) atoms. The summed E-state index contributed by atoms with van der Waals surface area (Å²) in [4.78, 5) is 14.1. The average molecular weight is 235 g/mol. The Morgan fingerprint density at radius 3 is 2.67 bits per heavy atom. The fourth-order valence-electron chi connectivity index (χ4n) is 2.25. The molecule has 0 spiro atoms. The maximum atomic E-state index is 10.8. The molecule has 0 aliphatic heterocycles. The summed E-state index contributed by atoms with van der Waals surface area (Å²) in [5, 5.41) is 1.20. The number of benzene rings is 2. The van der Waals surface area contributed by atoms with E-state index in [2.05, 4.69) is 29.2 Å². The molecule has 1 N–H and O–H groups in total. The van der Waals surface area contributed by atoms with Gasteiger partial charge < -0.3 is 4.98 Å². The van der Waals surface area contributed by atoms with Crippen molar-refractivity contribution in [3.63, 3.8) is 0 Å². The Balaban J connectivity index is 2.15. The van der Waals surface area contributed by atoms with Crippen molar-refractivity contribution in [3.05, 3.63) is 59.8 Å². The molecule has 1 heterocycles. The van der Waals surface area contributed by atoms with Crippen LogP contribution in [-0.4, -0.2) is 11.3 Å². The Labute approximate surface area is 105 Å². The van der Waals surface area contributed by atoms with Gasteiger partial charge in [-0.15, -0.1) is 0 Å². The first-order valence-electron chi connectivity index (χ1n) is 5.91. The molecule has 0 aliphatic rings. The first-order valence-corrected chi connectivity index (χ1v) is 5.91. The third-order valence-corrected chi connectivity index (χ3v) is 3.11. The minimum atomic E-state index is 0.706. The molecular formula is C16H13NO. The van der Waals surface area contributed by atoms with Gasteiger partial charge in [-0.05, 0) is 42.3 Å². The number of hydrogen-bond acceptors (Lipinski definition) is 1. The molecule has 0 amide bonds. The number of aldehydes is 1. The lowest BCUT2D eigenvalue weighted by Crippen LogP contribution is -1.82. The van der Waals surface area contributed by atoms with E-state index in [9.17, 15) is 4.79 Å². The Kier molecular flexibility index (Phi) is 2.49. The third-order valence-electron chi connectivity index (χ3n) is 3.11. The van der Waals surface area contributed by atoms with Gasteiger partial charge in [0.25, 0.3) is 0 Å². The SMILES string of the molecule is Cc1cc2cc(-c3cccc(C=O)c3)ccc2[nH]1. The second-order valence-corrected chi connectivity index (χ2v) is 4.50. The van der Waals surface area contributed by atoms with Crippen molar-refractivity contribution in [2.75, 3.05) is 0 Å². The van der Waals surface area contributed by atoms with Crippen LogP contribution in [0.15, 0.2) is 48.5 Å². The second-order valence-electron chi connectivity index (χ2n) is 4.50. The number of aromatic nitrogens is 1. The lowest BCUT2D eigenvalue weighted by atomic mass is 10.0. The number of hydrogen-bond donors (Lipinski definition) is 1. The van der Waals surface area contributed by atoms with Gasteiger partial charge in [-0.2, -0.15) is 0 Å². The summed E-state index contributed by atoms with van der Waals surface area (Å²) < 4.78 is 0. The molecule has 88 valence electrons. The van der Waals surface area contributed by atoms with Gasteiger partial charge >= 0.3 is 0 Å². The summed E-state index contributed by atoms with van der Waals surface area (Å²) in [5.41, 5.74) is 5.20. The molecule has 0 atom stereocenters. The van der Waals surface area contributed by atoms with Crippen LogP contribution < -0.4 is 0 Å². The van der Waals surface area contributed by atoms with E-state index in [4.69, 9.17) is 0 Å². The Hall–Kier alpha value is -2.35. The number of rotatable bonds is 2. The molecule has 0 saturated heterocycles. The number of aryl methyl sites for hydroxylation is 1. The summed E-state index contributed by atoms with van der Waals surface area (Å²) in [6, 6.07) is 16.1. The summed E-state index contributed by atoms with van der Waals surface area (Å²) in [6.07, 6.45) is 0.877. The molecule has 2 heteroatoms. The molecule has 3 aromatic rings. The maximum absolute atomic E-state index is 10.8. The van der Waals surface area contributed by atoms with E-state index in [1.807, 2.05) is 31.2 Å². The monoisotopic (exact) mass is 235 g/mol. The highest BCUT2D eigenvalue weighted by atomic mass is 16.1. The highest BCUT2D eigenvalue weighted by Crippen LogP contribution is 2.25. The van der Waals surface area contributed by atoms with Crippen molar-refractivity contribution in [2.45, 2.75) is 6.92 Å². The molecular weight excluding hydrogens is 222 g/mol. The topological polar surface area (TPSA) is 32.9 Å². The van der Waals surface area contributed by atoms with Crippen LogP contribution in [-0.2, 0) is 0 Å². The van der Waals surface area contributed by atoms with Gasteiger partial charge in [-0.25, -0.2) is 0 Å². The number of nitrogens with one attached hydrogen (secondary N) is 1. The van der Waals surface area contributed by atoms with Crippen molar-refractivity contribution in [3.8, 4) is 11.1 Å². The van der Waals surface area contributed by atoms with Crippen LogP contribution in [0.1, 0.15) is 16.1 Å². The number of carbonyl (C=O) groups excluding carboxylic acids is 1. The van der Waals surface area contributed by atoms with Gasteiger partial charge in [0.05, 0.1) is 0 Å². The van der Waals surface area contributed by atoms with Gasteiger partial charge in [-0.1, -0.05) is 24.3 Å². The Morgan fingerprint density at radius 1 is 1.00 bits per heavy atom. The van der Waals surface area contributed by atoms with Crippen molar-refractivity contribution in [2.24, 2.45) is 0 Å². The fourth-order valence-corrected chi connectivity index (χ4v) is 2.25. The second kappa shape index (κ2) is 4.15. The number of fused-ring (bicyclic) bond motifs is 1. The van der Waals surface area contributed by atoms with Gasteiger partial charge in [0.2, 0.25) is 0 Å². The molecule has 1 aromatic heterocycles. The zero-order chi connectivity index (χ0) is 12.5. The standard InChI is InChI=1S/C16H13NO/c1-11-7-15-9-14(5-6-16(15)17-11)13-4-2-3-12(8-13)10-18/h2-10,17H,1H3. The molecule has 2 aromatic carbocycles. The first-order chi connectivity index (χ1) is 8.76. The highest BCUT2D eigenvalue weighted by Gasteiger charge is 2.02. The Morgan fingerprint density at radius 2 is 1.83 bits per heavy atom. The van der Waals surface area contributed by atoms with Crippen LogP contribution in [0.25, 0.3) is 22.0 Å². The summed E-state index contributed by atoms with van der Waals surface area (Å²) in [7, 11) is 0. The number of aromatic amines is 1. The molecule has 2 nitrogen and oxygen atoms in total. The van der Waals surface area contributed by atoms with Crippen molar-refractivity contribution in [1.29, 1.82) is 0 Å². The maximum Gasteiger partial charge on any atom is 0.150 e. The Bertz CT molecular complexity index is 725. The predicted molar refractivity (Wildman–Crippen MR) is 73.9 cm³/mol. The van der Waals surface area contributed by atoms with Gasteiger partial charge in [0, 0.05) is 22.2 Å². The van der Waals surface area contributed by atoms with Crippen molar-refractivity contribution >= 4 is 17.2 Å². The van der Waals surface area contributed by atoms with Crippen LogP contribution in [0.3, 0.4) is 0 Å². The van der Waals surface area contributed by atoms with Crippen LogP contribution in [0, 0.1) is 6.92 Å². The fraction of sp³-hybridized carbons (Fsp3) is 0.0625. The normalized spacial score (nSPS) is 10.7. The molecule has 0 aliphatic carbocycles. The molecule has 0 radical (unpaired) electrons. The molecule has 0 bridgehead atoms. The third kappa shape index (κ3) is 1.82. The van der Waals surface area contributed by atoms with Gasteiger partial charge in [0.15, 0.2) is 0 Å². The van der Waals surface area contributed by atoms with Crippen LogP contribution in [0.5, 0.6) is 0 Å². The smallest absolute Gasteiger partial charge is 0.150 e. The van der Waals surface area contributed by atoms with Crippen molar-refractivity contribution in [1.82, 2.24) is 4.98 Å². The highest BCUT2D eigenvalue weighted by molar-refractivity contribution is 5.87. The summed E-state index contributed by atoms with van der Waals surface area (Å²) in [5.74, 6) is 0. The van der Waals surface area contributed by atoms with Crippen molar-refractivity contribution < 1.29 is 4.79 Å². The van der Waals surface area contributed by atoms with Gasteiger partial charge in [0.1, 0.15) is 6.29 Å². The van der Waals surface area contributed by atoms with E-state index >= 15 is 0 Å². The summed E-state index contributed by atoms with van der Waals surface area (Å²) in [6.45, 7) is 2.05. The first kappa shape index (κ1) is 10.8. The largest absolute Gasteiger partial charge is 0.359 e. The van der Waals surface area contributed by atoms with Crippen LogP contribution in [0.4, 0.5) is 0 Å². The summed E-state index contributed by atoms with van der Waals surface area (Å²) >= 11 is 0. The minimum Gasteiger partial charge on any atom is -0.359 e. The number of carbonyl (C=O) groups is 1. The zero-order valence-corrected chi connectivity index (χ0v) is 10.1. The quantitative estimate of drug-likeness (QED) is 0.670. The zero-order valence-electron chi connectivity index (χ0n) is 10.1. The predicted octanol–water partition coefficient (Wildman–Crippen LogP) is 3.96. The van der Waals surface area contributed by atoms with E-state index in [1.165, 1.54) is 5.39 Å². The van der Waals surface area contributed by atoms with Crippen LogP contribution >= 0.6 is 0 Å². The van der Waals surface area contributed by atoms with Crippen LogP contribution in [0.2, 0.25) is 0 Å². The molecule has 3 rings (SSSR count). The number of H-pyrrole nitrogens is 1. The van der Waals surface area contributed by atoms with E-state index in [0.717, 1.165) is 28.6 Å². The average Bonchev–Trinajstić information content (AvgIpc) is 2.77. The lowest BCUT2D eigenvalue weighted by molar-refractivity contribution is 0.112. The molecule has 0 unspecified atom stereocenters. The van der Waals surface area contributed by atoms with E-state index in [-0.39, 0.29) is 0 Å². The molecule has 0 saturated carbocycles.